The van der Waals surface area contributed by atoms with Crippen LogP contribution in [-0.2, 0) is 21.4 Å². The number of oxazole rings is 2. The highest BCUT2D eigenvalue weighted by atomic mass is 16.5. The summed E-state index contributed by atoms with van der Waals surface area (Å²) < 4.78 is 19.6. The molecule has 5 atom stereocenters. The summed E-state index contributed by atoms with van der Waals surface area (Å²) in [4.78, 5) is 54.4. The van der Waals surface area contributed by atoms with E-state index < -0.39 is 41.6 Å². The average Bonchev–Trinajstić information content (AvgIpc) is 3.91. The predicted molar refractivity (Wildman–Crippen MR) is 188 cm³/mol. The van der Waals surface area contributed by atoms with E-state index in [2.05, 4.69) is 20.9 Å². The zero-order chi connectivity index (χ0) is 36.5. The van der Waals surface area contributed by atoms with Crippen LogP contribution in [-0.4, -0.2) is 94.2 Å². The van der Waals surface area contributed by atoms with Gasteiger partial charge in [-0.15, -0.1) is 0 Å². The van der Waals surface area contributed by atoms with Crippen molar-refractivity contribution >= 4 is 23.4 Å². The Morgan fingerprint density at radius 3 is 2.54 bits per heavy atom. The lowest BCUT2D eigenvalue weighted by molar-refractivity contribution is -0.135. The number of aliphatic hydroxyl groups is 1. The van der Waals surface area contributed by atoms with Crippen LogP contribution in [0.2, 0.25) is 0 Å². The van der Waals surface area contributed by atoms with E-state index in [1.165, 1.54) is 6.26 Å². The zero-order valence-electron chi connectivity index (χ0n) is 29.8. The third kappa shape index (κ3) is 5.43. The summed E-state index contributed by atoms with van der Waals surface area (Å²) in [6.07, 6.45) is -0.439. The van der Waals surface area contributed by atoms with Crippen LogP contribution in [0.5, 0.6) is 5.75 Å². The van der Waals surface area contributed by atoms with Crippen molar-refractivity contribution in [3.63, 3.8) is 0 Å². The molecule has 2 aromatic heterocycles. The molecular weight excluding hydrogens is 666 g/mol. The first-order valence-electron chi connectivity index (χ1n) is 17.9. The summed E-state index contributed by atoms with van der Waals surface area (Å²) in [6.45, 7) is 10.0. The third-order valence-electron chi connectivity index (χ3n) is 10.7. The van der Waals surface area contributed by atoms with Gasteiger partial charge in [0.15, 0.2) is 23.4 Å². The number of anilines is 1. The maximum atomic E-state index is 14.1. The zero-order valence-corrected chi connectivity index (χ0v) is 29.8. The number of amides is 3. The first kappa shape index (κ1) is 33.9. The number of ether oxygens (including phenoxy) is 1. The first-order chi connectivity index (χ1) is 24.9. The van der Waals surface area contributed by atoms with E-state index in [1.807, 2.05) is 63.4 Å². The van der Waals surface area contributed by atoms with Crippen LogP contribution in [0.4, 0.5) is 5.69 Å². The Hall–Kier alpha value is -5.21. The third-order valence-corrected chi connectivity index (χ3v) is 10.7. The molecule has 4 aromatic rings. The maximum absolute atomic E-state index is 14.1. The summed E-state index contributed by atoms with van der Waals surface area (Å²) in [5.74, 6) is -0.581. The summed E-state index contributed by atoms with van der Waals surface area (Å²) in [5.41, 5.74) is 2.61. The quantitative estimate of drug-likeness (QED) is 0.232. The lowest BCUT2D eigenvalue weighted by Crippen LogP contribution is -2.52. The number of piperazine rings is 1. The largest absolute Gasteiger partial charge is 0.469 e. The molecule has 4 bridgehead atoms. The van der Waals surface area contributed by atoms with Gasteiger partial charge in [-0.05, 0) is 42.1 Å². The molecule has 0 saturated carbocycles. The Morgan fingerprint density at radius 1 is 1.02 bits per heavy atom. The molecule has 4 N–H and O–H groups in total. The van der Waals surface area contributed by atoms with E-state index in [1.54, 1.807) is 18.7 Å². The number of nitrogens with one attached hydrogen (secondary N) is 3. The van der Waals surface area contributed by atoms with Crippen molar-refractivity contribution in [3.8, 4) is 17.3 Å². The smallest absolute Gasteiger partial charge is 0.275 e. The number of aromatic nitrogens is 2. The monoisotopic (exact) mass is 709 g/mol. The molecule has 1 saturated heterocycles. The van der Waals surface area contributed by atoms with Crippen LogP contribution in [0.25, 0.3) is 11.6 Å². The number of rotatable bonds is 6. The van der Waals surface area contributed by atoms with E-state index in [0.717, 1.165) is 35.5 Å². The van der Waals surface area contributed by atoms with Crippen molar-refractivity contribution < 1.29 is 33.1 Å². The molecule has 3 amide bonds. The number of para-hydroxylation sites is 1. The van der Waals surface area contributed by atoms with Crippen molar-refractivity contribution in [2.75, 3.05) is 38.5 Å². The average molecular weight is 710 g/mol. The molecule has 8 rings (SSSR count). The van der Waals surface area contributed by atoms with Gasteiger partial charge in [0.05, 0.1) is 0 Å². The lowest BCUT2D eigenvalue weighted by atomic mass is 9.72. The van der Waals surface area contributed by atoms with Crippen molar-refractivity contribution in [3.05, 3.63) is 82.8 Å². The number of carbonyl (C=O) groups excluding carboxylic acids is 3. The molecule has 0 radical (unpaired) electrons. The van der Waals surface area contributed by atoms with Crippen LogP contribution in [0.15, 0.2) is 57.6 Å². The molecule has 14 heteroatoms. The first-order valence-corrected chi connectivity index (χ1v) is 17.9. The van der Waals surface area contributed by atoms with Gasteiger partial charge < -0.3 is 44.4 Å². The molecule has 2 aromatic carbocycles. The molecule has 1 fully saturated rings. The summed E-state index contributed by atoms with van der Waals surface area (Å²) >= 11 is 0. The van der Waals surface area contributed by atoms with E-state index in [4.69, 9.17) is 23.5 Å². The summed E-state index contributed by atoms with van der Waals surface area (Å²) in [5, 5.41) is 20.0. The molecule has 0 aliphatic carbocycles. The predicted octanol–water partition coefficient (Wildman–Crippen LogP) is 3.07. The highest BCUT2D eigenvalue weighted by Gasteiger charge is 2.61. The van der Waals surface area contributed by atoms with Crippen LogP contribution in [0.1, 0.15) is 72.6 Å². The van der Waals surface area contributed by atoms with Gasteiger partial charge in [-0.25, -0.2) is 9.97 Å². The van der Waals surface area contributed by atoms with Crippen molar-refractivity contribution in [2.24, 2.45) is 11.8 Å². The van der Waals surface area contributed by atoms with Gasteiger partial charge >= 0.3 is 0 Å². The maximum Gasteiger partial charge on any atom is 0.275 e. The minimum Gasteiger partial charge on any atom is -0.469 e. The molecule has 6 heterocycles. The molecule has 14 nitrogen and oxygen atoms in total. The second kappa shape index (κ2) is 12.8. The molecular formula is C38H43N7O7. The number of hydrogen-bond acceptors (Lipinski definition) is 11. The van der Waals surface area contributed by atoms with Gasteiger partial charge in [-0.3, -0.25) is 14.4 Å². The fourth-order valence-electron chi connectivity index (χ4n) is 7.66. The van der Waals surface area contributed by atoms with Crippen LogP contribution < -0.4 is 20.7 Å². The number of benzene rings is 2. The molecule has 52 heavy (non-hydrogen) atoms. The van der Waals surface area contributed by atoms with Gasteiger partial charge in [-0.1, -0.05) is 58.0 Å². The highest BCUT2D eigenvalue weighted by molar-refractivity contribution is 5.93. The minimum atomic E-state index is -1.29. The van der Waals surface area contributed by atoms with Crippen molar-refractivity contribution in [1.29, 1.82) is 0 Å². The van der Waals surface area contributed by atoms with Crippen LogP contribution >= 0.6 is 0 Å². The van der Waals surface area contributed by atoms with E-state index in [0.29, 0.717) is 24.6 Å². The second-order valence-electron chi connectivity index (χ2n) is 14.9. The minimum absolute atomic E-state index is 0.0982. The number of hydrogen-bond donors (Lipinski definition) is 4. The standard InChI is InChI=1S/C38H43N7O7/c1-19(2)28-35-43-29(34-40-26(18-50-34)36(49)45-14-12-44(5)13-15-45)31(52-35)38-22-8-6-7-9-24(22)41-37(38)51-27-11-10-21(16-23(27)38)17-25(32(47)42-28)39-33(48)30(46)20(3)4/h6-11,16,18-20,25,28,30,37,41,46H,12-15,17H2,1-5H3,(H,39,48)(H,42,47)/t25-,28-,30-,37?,38-/m0/s1. The molecule has 4 aliphatic heterocycles. The number of aliphatic hydroxyl groups excluding tert-OH is 1. The highest BCUT2D eigenvalue weighted by Crippen LogP contribution is 2.59. The molecule has 272 valence electrons. The Labute approximate surface area is 300 Å². The normalized spacial score (nSPS) is 24.3. The Morgan fingerprint density at radius 2 is 1.79 bits per heavy atom. The van der Waals surface area contributed by atoms with Gasteiger partial charge in [0.25, 0.3) is 5.91 Å². The van der Waals surface area contributed by atoms with Crippen LogP contribution in [0.3, 0.4) is 0 Å². The van der Waals surface area contributed by atoms with E-state index >= 15 is 0 Å². The number of carbonyl (C=O) groups is 3. The van der Waals surface area contributed by atoms with E-state index in [9.17, 15) is 19.5 Å². The number of likely N-dealkylation sites (N-methyl/N-ethyl adjacent to an activating group) is 1. The molecule has 1 unspecified atom stereocenters. The fourth-order valence-corrected chi connectivity index (χ4v) is 7.66. The molecule has 4 aliphatic rings. The van der Waals surface area contributed by atoms with Gasteiger partial charge in [0.2, 0.25) is 23.6 Å². The van der Waals surface area contributed by atoms with Crippen LogP contribution in [0, 0.1) is 11.8 Å². The van der Waals surface area contributed by atoms with E-state index in [-0.39, 0.29) is 47.3 Å². The SMILES string of the molecule is CC(C)[C@H](O)C(=O)N[C@H]1Cc2ccc3c(c2)[C@@]2(c4ccccc4NC2O3)c2oc(nc2-c2nc(C(=O)N3CCN(C)CC3)co2)[C@H](C(C)C)NC1=O. The Bertz CT molecular complexity index is 2050. The number of fused-ring (bicyclic) bond motifs is 4. The fraction of sp³-hybridized carbons (Fsp3) is 0.447. The lowest BCUT2D eigenvalue weighted by Gasteiger charge is -2.31. The van der Waals surface area contributed by atoms with Crippen molar-refractivity contribution in [2.45, 2.75) is 63.9 Å². The molecule has 1 spiro atoms. The Balaban J connectivity index is 1.31. The van der Waals surface area contributed by atoms with Gasteiger partial charge in [0, 0.05) is 43.9 Å². The van der Waals surface area contributed by atoms with Gasteiger partial charge in [0.1, 0.15) is 35.6 Å². The topological polar surface area (TPSA) is 175 Å². The number of nitrogens with zero attached hydrogens (tertiary/aromatic N) is 4. The van der Waals surface area contributed by atoms with Gasteiger partial charge in [-0.2, -0.15) is 0 Å². The second-order valence-corrected chi connectivity index (χ2v) is 14.9. The van der Waals surface area contributed by atoms with Crippen molar-refractivity contribution in [1.82, 2.24) is 30.4 Å². The summed E-state index contributed by atoms with van der Waals surface area (Å²) in [6, 6.07) is 11.8. The summed E-state index contributed by atoms with van der Waals surface area (Å²) in [7, 11) is 2.03. The Kier molecular flexibility index (Phi) is 8.33.